The molecule has 6 heteroatoms. The average molecular weight is 304 g/mol. The van der Waals surface area contributed by atoms with Crippen molar-refractivity contribution in [1.29, 1.82) is 0 Å². The number of aryl methyl sites for hydroxylation is 1. The molecule has 3 heterocycles. The fourth-order valence-electron chi connectivity index (χ4n) is 2.42. The van der Waals surface area contributed by atoms with Gasteiger partial charge < -0.3 is 9.42 Å². The molecule has 0 bridgehead atoms. The first-order chi connectivity index (χ1) is 10.1. The number of rotatable bonds is 3. The first-order valence-corrected chi connectivity index (χ1v) is 8.44. The summed E-state index contributed by atoms with van der Waals surface area (Å²) in [7, 11) is 0. The Hall–Kier alpha value is -1.56. The predicted octanol–water partition coefficient (Wildman–Crippen LogP) is 3.12. The molecule has 0 aromatic carbocycles. The highest BCUT2D eigenvalue weighted by atomic mass is 32.2. The number of aromatic nitrogens is 3. The monoisotopic (exact) mass is 304 g/mol. The third kappa shape index (κ3) is 3.05. The zero-order valence-electron chi connectivity index (χ0n) is 12.7. The lowest BCUT2D eigenvalue weighted by Gasteiger charge is -2.27. The van der Waals surface area contributed by atoms with E-state index in [0.717, 1.165) is 53.3 Å². The summed E-state index contributed by atoms with van der Waals surface area (Å²) in [6.07, 6.45) is 1.87. The smallest absolute Gasteiger partial charge is 0.225 e. The van der Waals surface area contributed by atoms with Crippen molar-refractivity contribution in [3.8, 4) is 11.3 Å². The van der Waals surface area contributed by atoms with Gasteiger partial charge in [-0.1, -0.05) is 19.0 Å². The minimum Gasteiger partial charge on any atom is -0.356 e. The van der Waals surface area contributed by atoms with E-state index in [4.69, 9.17) is 9.51 Å². The second kappa shape index (κ2) is 6.05. The van der Waals surface area contributed by atoms with Crippen molar-refractivity contribution in [1.82, 2.24) is 15.1 Å². The molecule has 0 radical (unpaired) electrons. The van der Waals surface area contributed by atoms with Gasteiger partial charge in [0.05, 0.1) is 17.0 Å². The molecule has 1 saturated heterocycles. The fraction of sp³-hybridized carbons (Fsp3) is 0.533. The third-order valence-corrected chi connectivity index (χ3v) is 4.48. The number of anilines is 1. The molecule has 0 N–H and O–H groups in total. The molecule has 2 aromatic heterocycles. The highest BCUT2D eigenvalue weighted by Gasteiger charge is 2.19. The normalized spacial score (nSPS) is 15.7. The van der Waals surface area contributed by atoms with E-state index in [1.54, 1.807) is 0 Å². The summed E-state index contributed by atoms with van der Waals surface area (Å²) in [5, 5.41) is 3.96. The van der Waals surface area contributed by atoms with E-state index in [2.05, 4.69) is 28.9 Å². The molecule has 0 aliphatic carbocycles. The second-order valence-corrected chi connectivity index (χ2v) is 6.78. The van der Waals surface area contributed by atoms with Gasteiger partial charge in [0.15, 0.2) is 5.76 Å². The van der Waals surface area contributed by atoms with Crippen molar-refractivity contribution in [2.24, 2.45) is 0 Å². The first kappa shape index (κ1) is 14.4. The van der Waals surface area contributed by atoms with Crippen LogP contribution in [0.15, 0.2) is 16.8 Å². The molecule has 1 aliphatic rings. The van der Waals surface area contributed by atoms with Crippen LogP contribution in [0.5, 0.6) is 0 Å². The molecule has 0 saturated carbocycles. The SMILES string of the molecule is Cc1cc(-c2cnc(N3CCSCC3)nc2C(C)C)on1. The summed E-state index contributed by atoms with van der Waals surface area (Å²) >= 11 is 1.99. The van der Waals surface area contributed by atoms with Crippen LogP contribution in [0.1, 0.15) is 31.2 Å². The Morgan fingerprint density at radius 2 is 2.05 bits per heavy atom. The molecule has 0 unspecified atom stereocenters. The van der Waals surface area contributed by atoms with Crippen molar-refractivity contribution in [3.05, 3.63) is 23.7 Å². The van der Waals surface area contributed by atoms with Crippen LogP contribution >= 0.6 is 11.8 Å². The van der Waals surface area contributed by atoms with Gasteiger partial charge in [0.2, 0.25) is 5.95 Å². The molecule has 0 amide bonds. The summed E-state index contributed by atoms with van der Waals surface area (Å²) < 4.78 is 5.38. The minimum absolute atomic E-state index is 0.311. The molecule has 1 fully saturated rings. The van der Waals surface area contributed by atoms with Gasteiger partial charge in [-0.15, -0.1) is 0 Å². The van der Waals surface area contributed by atoms with Crippen molar-refractivity contribution < 1.29 is 4.52 Å². The Morgan fingerprint density at radius 3 is 2.67 bits per heavy atom. The lowest BCUT2D eigenvalue weighted by atomic mass is 10.0. The quantitative estimate of drug-likeness (QED) is 0.868. The van der Waals surface area contributed by atoms with Crippen LogP contribution in [-0.4, -0.2) is 39.7 Å². The number of nitrogens with zero attached hydrogens (tertiary/aromatic N) is 4. The van der Waals surface area contributed by atoms with Crippen LogP contribution in [0.2, 0.25) is 0 Å². The third-order valence-electron chi connectivity index (χ3n) is 3.54. The fourth-order valence-corrected chi connectivity index (χ4v) is 3.32. The van der Waals surface area contributed by atoms with Crippen LogP contribution in [0.3, 0.4) is 0 Å². The maximum Gasteiger partial charge on any atom is 0.225 e. The van der Waals surface area contributed by atoms with Gasteiger partial charge in [0.25, 0.3) is 0 Å². The standard InChI is InChI=1S/C15H20N4OS/c1-10(2)14-12(13-8-11(3)18-20-13)9-16-15(17-14)19-4-6-21-7-5-19/h8-10H,4-7H2,1-3H3. The maximum absolute atomic E-state index is 5.38. The highest BCUT2D eigenvalue weighted by Crippen LogP contribution is 2.29. The van der Waals surface area contributed by atoms with Crippen molar-refractivity contribution in [2.75, 3.05) is 29.5 Å². The molecule has 3 rings (SSSR count). The summed E-state index contributed by atoms with van der Waals surface area (Å²) in [5.74, 6) is 4.18. The summed E-state index contributed by atoms with van der Waals surface area (Å²) in [4.78, 5) is 11.6. The first-order valence-electron chi connectivity index (χ1n) is 7.28. The largest absolute Gasteiger partial charge is 0.356 e. The van der Waals surface area contributed by atoms with Crippen LogP contribution in [0.4, 0.5) is 5.95 Å². The zero-order valence-corrected chi connectivity index (χ0v) is 13.5. The van der Waals surface area contributed by atoms with Crippen LogP contribution in [0.25, 0.3) is 11.3 Å². The predicted molar refractivity (Wildman–Crippen MR) is 85.9 cm³/mol. The Kier molecular flexibility index (Phi) is 4.14. The van der Waals surface area contributed by atoms with E-state index in [1.807, 2.05) is 30.9 Å². The Bertz CT molecular complexity index is 620. The van der Waals surface area contributed by atoms with Gasteiger partial charge in [-0.05, 0) is 12.8 Å². The van der Waals surface area contributed by atoms with Gasteiger partial charge in [-0.2, -0.15) is 11.8 Å². The zero-order chi connectivity index (χ0) is 14.8. The number of thioether (sulfide) groups is 1. The Labute approximate surface area is 129 Å². The van der Waals surface area contributed by atoms with E-state index in [-0.39, 0.29) is 0 Å². The van der Waals surface area contributed by atoms with E-state index in [1.165, 1.54) is 0 Å². The molecule has 21 heavy (non-hydrogen) atoms. The molecule has 0 spiro atoms. The van der Waals surface area contributed by atoms with Gasteiger partial charge in [-0.25, -0.2) is 9.97 Å². The van der Waals surface area contributed by atoms with Crippen molar-refractivity contribution in [3.63, 3.8) is 0 Å². The molecule has 5 nitrogen and oxygen atoms in total. The van der Waals surface area contributed by atoms with Gasteiger partial charge in [0.1, 0.15) is 0 Å². The summed E-state index contributed by atoms with van der Waals surface area (Å²) in [6.45, 7) is 8.24. The van der Waals surface area contributed by atoms with Crippen molar-refractivity contribution in [2.45, 2.75) is 26.7 Å². The number of hydrogen-bond donors (Lipinski definition) is 0. The van der Waals surface area contributed by atoms with Gasteiger partial charge in [-0.3, -0.25) is 0 Å². The second-order valence-electron chi connectivity index (χ2n) is 5.56. The topological polar surface area (TPSA) is 55.1 Å². The lowest BCUT2D eigenvalue weighted by molar-refractivity contribution is 0.426. The van der Waals surface area contributed by atoms with Crippen molar-refractivity contribution >= 4 is 17.7 Å². The molecule has 2 aromatic rings. The molecule has 0 atom stereocenters. The lowest BCUT2D eigenvalue weighted by Crippen LogP contribution is -2.34. The van der Waals surface area contributed by atoms with E-state index >= 15 is 0 Å². The van der Waals surface area contributed by atoms with E-state index in [9.17, 15) is 0 Å². The van der Waals surface area contributed by atoms with E-state index in [0.29, 0.717) is 5.92 Å². The molecular weight excluding hydrogens is 284 g/mol. The van der Waals surface area contributed by atoms with E-state index < -0.39 is 0 Å². The number of hydrogen-bond acceptors (Lipinski definition) is 6. The average Bonchev–Trinajstić information content (AvgIpc) is 2.94. The minimum atomic E-state index is 0.311. The summed E-state index contributed by atoms with van der Waals surface area (Å²) in [6, 6.07) is 1.93. The Morgan fingerprint density at radius 1 is 1.29 bits per heavy atom. The van der Waals surface area contributed by atoms with Gasteiger partial charge >= 0.3 is 0 Å². The van der Waals surface area contributed by atoms with Gasteiger partial charge in [0, 0.05) is 36.9 Å². The molecule has 112 valence electrons. The maximum atomic E-state index is 5.38. The molecule has 1 aliphatic heterocycles. The molecular formula is C15H20N4OS. The Balaban J connectivity index is 1.98. The van der Waals surface area contributed by atoms with Crippen LogP contribution < -0.4 is 4.90 Å². The van der Waals surface area contributed by atoms with Crippen LogP contribution in [-0.2, 0) is 0 Å². The summed E-state index contributed by atoms with van der Waals surface area (Å²) in [5.41, 5.74) is 2.84. The van der Waals surface area contributed by atoms with Crippen LogP contribution in [0, 0.1) is 6.92 Å². The highest BCUT2D eigenvalue weighted by molar-refractivity contribution is 7.99.